The summed E-state index contributed by atoms with van der Waals surface area (Å²) in [5.41, 5.74) is 0. The van der Waals surface area contributed by atoms with E-state index in [1.54, 1.807) is 0 Å². The molecule has 1 fully saturated rings. The Morgan fingerprint density at radius 3 is 2.70 bits per heavy atom. The van der Waals surface area contributed by atoms with Crippen LogP contribution in [0.5, 0.6) is 0 Å². The van der Waals surface area contributed by atoms with E-state index in [0.717, 1.165) is 39.4 Å². The molecule has 0 bridgehead atoms. The highest BCUT2D eigenvalue weighted by atomic mass is 32.1. The van der Waals surface area contributed by atoms with Gasteiger partial charge in [0, 0.05) is 32.1 Å². The van der Waals surface area contributed by atoms with Gasteiger partial charge in [0.05, 0.1) is 19.8 Å². The second-order valence-electron chi connectivity index (χ2n) is 2.31. The third-order valence-corrected chi connectivity index (χ3v) is 1.79. The zero-order valence-electron chi connectivity index (χ0n) is 5.95. The highest BCUT2D eigenvalue weighted by Gasteiger charge is 2.08. The number of nitrogens with zero attached hydrogens (tertiary/aromatic N) is 2. The van der Waals surface area contributed by atoms with Gasteiger partial charge in [0.25, 0.3) is 0 Å². The molecule has 0 radical (unpaired) electrons. The van der Waals surface area contributed by atoms with Crippen LogP contribution in [0.3, 0.4) is 0 Å². The third-order valence-electron chi connectivity index (χ3n) is 1.61. The molecule has 1 aliphatic rings. The van der Waals surface area contributed by atoms with Crippen molar-refractivity contribution in [1.82, 2.24) is 4.90 Å². The Balaban J connectivity index is 2.07. The lowest BCUT2D eigenvalue weighted by Crippen LogP contribution is -2.37. The summed E-state index contributed by atoms with van der Waals surface area (Å²) in [5, 5.41) is 0. The summed E-state index contributed by atoms with van der Waals surface area (Å²) >= 11 is 4.49. The molecule has 0 aromatic rings. The average Bonchev–Trinajstić information content (AvgIpc) is 2.03. The Hall–Kier alpha value is -0.0600. The first-order valence-corrected chi connectivity index (χ1v) is 3.89. The average molecular weight is 160 g/mol. The van der Waals surface area contributed by atoms with Crippen LogP contribution >= 0.6 is 0 Å². The van der Waals surface area contributed by atoms with Gasteiger partial charge in [0.2, 0.25) is 0 Å². The van der Waals surface area contributed by atoms with Crippen LogP contribution in [0.15, 0.2) is 4.36 Å². The van der Waals surface area contributed by atoms with Gasteiger partial charge in [0.15, 0.2) is 0 Å². The maximum atomic E-state index is 5.18. The van der Waals surface area contributed by atoms with Gasteiger partial charge in [-0.25, -0.2) is 4.36 Å². The van der Waals surface area contributed by atoms with E-state index in [4.69, 9.17) is 4.74 Å². The van der Waals surface area contributed by atoms with Crippen LogP contribution in [0.2, 0.25) is 0 Å². The van der Waals surface area contributed by atoms with Gasteiger partial charge in [0.1, 0.15) is 0 Å². The van der Waals surface area contributed by atoms with E-state index >= 15 is 0 Å². The Kier molecular flexibility index (Phi) is 3.79. The van der Waals surface area contributed by atoms with E-state index in [0.29, 0.717) is 0 Å². The van der Waals surface area contributed by atoms with E-state index in [1.807, 2.05) is 0 Å². The lowest BCUT2D eigenvalue weighted by molar-refractivity contribution is 0.0395. The van der Waals surface area contributed by atoms with Crippen molar-refractivity contribution in [1.29, 1.82) is 0 Å². The molecule has 0 aromatic heterocycles. The minimum Gasteiger partial charge on any atom is -0.379 e. The topological polar surface area (TPSA) is 24.8 Å². The minimum absolute atomic E-state index is 0.773. The zero-order valence-corrected chi connectivity index (χ0v) is 6.77. The van der Waals surface area contributed by atoms with Crippen molar-refractivity contribution >= 4 is 12.4 Å². The molecule has 0 spiro atoms. The maximum absolute atomic E-state index is 5.18. The molecule has 58 valence electrons. The van der Waals surface area contributed by atoms with E-state index in [1.165, 1.54) is 0 Å². The molecule has 0 N–H and O–H groups in total. The van der Waals surface area contributed by atoms with Gasteiger partial charge in [-0.1, -0.05) is 0 Å². The van der Waals surface area contributed by atoms with Crippen LogP contribution in [0.25, 0.3) is 0 Å². The van der Waals surface area contributed by atoms with Gasteiger partial charge >= 0.3 is 0 Å². The van der Waals surface area contributed by atoms with Crippen molar-refractivity contribution in [2.45, 2.75) is 0 Å². The number of morpholine rings is 1. The van der Waals surface area contributed by atoms with E-state index < -0.39 is 0 Å². The van der Waals surface area contributed by atoms with Crippen molar-refractivity contribution in [3.8, 4) is 0 Å². The van der Waals surface area contributed by atoms with Crippen LogP contribution in [-0.2, 0) is 17.2 Å². The van der Waals surface area contributed by atoms with Crippen LogP contribution in [0, 0.1) is 0 Å². The number of rotatable bonds is 3. The fourth-order valence-corrected chi connectivity index (χ4v) is 1.09. The van der Waals surface area contributed by atoms with Crippen LogP contribution in [0.1, 0.15) is 0 Å². The van der Waals surface area contributed by atoms with E-state index in [9.17, 15) is 0 Å². The van der Waals surface area contributed by atoms with Gasteiger partial charge in [-0.15, -0.1) is 0 Å². The van der Waals surface area contributed by atoms with Crippen molar-refractivity contribution < 1.29 is 4.74 Å². The van der Waals surface area contributed by atoms with Crippen molar-refractivity contribution in [3.63, 3.8) is 0 Å². The number of ether oxygens (including phenoxy) is 1. The lowest BCUT2D eigenvalue weighted by Gasteiger charge is -2.25. The fraction of sp³-hybridized carbons (Fsp3) is 1.00. The molecule has 1 heterocycles. The standard InChI is InChI=1S/C6H12N2OS/c10-7-1-2-8-3-5-9-6-4-8/h1-6H2. The normalized spacial score (nSPS) is 20.8. The predicted octanol–water partition coefficient (Wildman–Crippen LogP) is 0.0491. The third kappa shape index (κ3) is 2.68. The zero-order chi connectivity index (χ0) is 7.23. The first-order valence-electron chi connectivity index (χ1n) is 3.52. The summed E-state index contributed by atoms with van der Waals surface area (Å²) in [6.45, 7) is 5.55. The molecule has 0 saturated carbocycles. The highest BCUT2D eigenvalue weighted by Crippen LogP contribution is 1.94. The SMILES string of the molecule is S=NCCN1CCOCC1. The quantitative estimate of drug-likeness (QED) is 0.583. The monoisotopic (exact) mass is 160 g/mol. The Bertz CT molecular complexity index is 104. The second kappa shape index (κ2) is 4.71. The maximum Gasteiger partial charge on any atom is 0.0648 e. The van der Waals surface area contributed by atoms with Gasteiger partial charge in [-0.05, 0) is 0 Å². The van der Waals surface area contributed by atoms with E-state index in [-0.39, 0.29) is 0 Å². The Morgan fingerprint density at radius 1 is 1.40 bits per heavy atom. The summed E-state index contributed by atoms with van der Waals surface area (Å²) < 4.78 is 8.81. The molecule has 1 aliphatic heterocycles. The van der Waals surface area contributed by atoms with Crippen LogP contribution in [0.4, 0.5) is 0 Å². The summed E-state index contributed by atoms with van der Waals surface area (Å²) in [7, 11) is 0. The largest absolute Gasteiger partial charge is 0.379 e. The van der Waals surface area contributed by atoms with E-state index in [2.05, 4.69) is 21.7 Å². The smallest absolute Gasteiger partial charge is 0.0648 e. The summed E-state index contributed by atoms with van der Waals surface area (Å²) in [6, 6.07) is 0. The summed E-state index contributed by atoms with van der Waals surface area (Å²) in [6.07, 6.45) is 0. The molecule has 4 heteroatoms. The second-order valence-corrected chi connectivity index (χ2v) is 2.56. The molecule has 0 unspecified atom stereocenters. The van der Waals surface area contributed by atoms with Crippen LogP contribution < -0.4 is 0 Å². The molecule has 0 atom stereocenters. The van der Waals surface area contributed by atoms with Gasteiger partial charge < -0.3 is 4.74 Å². The summed E-state index contributed by atoms with van der Waals surface area (Å²) in [4.78, 5) is 2.32. The summed E-state index contributed by atoms with van der Waals surface area (Å²) in [5.74, 6) is 0. The molecule has 10 heavy (non-hydrogen) atoms. The molecule has 0 aliphatic carbocycles. The predicted molar refractivity (Wildman–Crippen MR) is 41.9 cm³/mol. The molecule has 0 amide bonds. The number of hydrogen-bond acceptors (Lipinski definition) is 4. The Labute approximate surface area is 66.5 Å². The molecular weight excluding hydrogens is 148 g/mol. The molecule has 3 nitrogen and oxygen atoms in total. The van der Waals surface area contributed by atoms with Crippen molar-refractivity contribution in [3.05, 3.63) is 0 Å². The lowest BCUT2D eigenvalue weighted by atomic mass is 10.4. The molecular formula is C6H12N2OS. The fourth-order valence-electron chi connectivity index (χ4n) is 1.01. The van der Waals surface area contributed by atoms with Gasteiger partial charge in [-0.2, -0.15) is 0 Å². The number of hydrogen-bond donors (Lipinski definition) is 0. The first kappa shape index (κ1) is 8.04. The molecule has 0 aromatic carbocycles. The van der Waals surface area contributed by atoms with Gasteiger partial charge in [-0.3, -0.25) is 4.90 Å². The molecule has 1 rings (SSSR count). The van der Waals surface area contributed by atoms with Crippen molar-refractivity contribution in [2.75, 3.05) is 39.4 Å². The first-order chi connectivity index (χ1) is 4.93. The van der Waals surface area contributed by atoms with Crippen LogP contribution in [-0.4, -0.2) is 44.3 Å². The van der Waals surface area contributed by atoms with Crippen molar-refractivity contribution in [2.24, 2.45) is 4.36 Å². The highest BCUT2D eigenvalue weighted by molar-refractivity contribution is 7.47. The Morgan fingerprint density at radius 2 is 2.10 bits per heavy atom. The molecule has 1 saturated heterocycles. The minimum atomic E-state index is 0.773.